The lowest BCUT2D eigenvalue weighted by atomic mass is 9.74. The molecular formula is C16H26O2. The summed E-state index contributed by atoms with van der Waals surface area (Å²) in [6.07, 6.45) is 7.60. The molecule has 0 saturated heterocycles. The monoisotopic (exact) mass is 250 g/mol. The molecule has 0 aliphatic heterocycles. The van der Waals surface area contributed by atoms with Gasteiger partial charge in [0.1, 0.15) is 5.60 Å². The van der Waals surface area contributed by atoms with E-state index in [4.69, 9.17) is 4.74 Å². The summed E-state index contributed by atoms with van der Waals surface area (Å²) in [6, 6.07) is 0. The normalized spacial score (nSPS) is 25.3. The van der Waals surface area contributed by atoms with Gasteiger partial charge in [-0.05, 0) is 58.3 Å². The van der Waals surface area contributed by atoms with Gasteiger partial charge in [0, 0.05) is 0 Å². The van der Waals surface area contributed by atoms with Crippen molar-refractivity contribution >= 4 is 5.97 Å². The fourth-order valence-electron chi connectivity index (χ4n) is 2.67. The van der Waals surface area contributed by atoms with Crippen molar-refractivity contribution in [1.29, 1.82) is 0 Å². The van der Waals surface area contributed by atoms with Gasteiger partial charge in [-0.15, -0.1) is 0 Å². The summed E-state index contributed by atoms with van der Waals surface area (Å²) in [5.41, 5.74) is 1.12. The van der Waals surface area contributed by atoms with Crippen molar-refractivity contribution in [1.82, 2.24) is 0 Å². The van der Waals surface area contributed by atoms with Gasteiger partial charge in [0.15, 0.2) is 0 Å². The number of hydrogen-bond acceptors (Lipinski definition) is 2. The molecule has 2 nitrogen and oxygen atoms in total. The van der Waals surface area contributed by atoms with Gasteiger partial charge < -0.3 is 4.74 Å². The van der Waals surface area contributed by atoms with E-state index in [2.05, 4.69) is 19.9 Å². The zero-order valence-electron chi connectivity index (χ0n) is 12.4. The van der Waals surface area contributed by atoms with Gasteiger partial charge in [-0.25, -0.2) is 0 Å². The first-order valence-corrected chi connectivity index (χ1v) is 7.08. The number of esters is 1. The fourth-order valence-corrected chi connectivity index (χ4v) is 2.67. The Hall–Kier alpha value is -0.790. The summed E-state index contributed by atoms with van der Waals surface area (Å²) < 4.78 is 5.59. The molecule has 0 aromatic carbocycles. The summed E-state index contributed by atoms with van der Waals surface area (Å²) >= 11 is 0. The van der Waals surface area contributed by atoms with E-state index in [1.54, 1.807) is 0 Å². The van der Waals surface area contributed by atoms with Gasteiger partial charge in [-0.3, -0.25) is 4.79 Å². The largest absolute Gasteiger partial charge is 0.459 e. The van der Waals surface area contributed by atoms with Gasteiger partial charge in [-0.2, -0.15) is 0 Å². The van der Waals surface area contributed by atoms with Crippen LogP contribution in [-0.4, -0.2) is 11.6 Å². The smallest absolute Gasteiger partial charge is 0.316 e. The summed E-state index contributed by atoms with van der Waals surface area (Å²) in [5, 5.41) is 0. The van der Waals surface area contributed by atoms with Crippen LogP contribution < -0.4 is 0 Å². The number of ether oxygens (including phenoxy) is 1. The van der Waals surface area contributed by atoms with E-state index < -0.39 is 0 Å². The van der Waals surface area contributed by atoms with Crippen LogP contribution >= 0.6 is 0 Å². The van der Waals surface area contributed by atoms with Crippen LogP contribution in [0.15, 0.2) is 11.6 Å². The molecule has 2 aliphatic carbocycles. The lowest BCUT2D eigenvalue weighted by Gasteiger charge is -2.32. The first-order chi connectivity index (χ1) is 8.15. The van der Waals surface area contributed by atoms with E-state index in [1.165, 1.54) is 12.0 Å². The zero-order chi connectivity index (χ0) is 13.6. The molecule has 0 amide bonds. The number of carbonyl (C=O) groups excluding carboxylic acids is 1. The molecule has 0 N–H and O–H groups in total. The van der Waals surface area contributed by atoms with Gasteiger partial charge in [0.05, 0.1) is 5.41 Å². The van der Waals surface area contributed by atoms with Crippen molar-refractivity contribution in [2.24, 2.45) is 10.8 Å². The quantitative estimate of drug-likeness (QED) is 0.541. The van der Waals surface area contributed by atoms with Crippen molar-refractivity contribution in [3.63, 3.8) is 0 Å². The minimum atomic E-state index is -0.374. The minimum absolute atomic E-state index is 0.000885. The van der Waals surface area contributed by atoms with Crippen molar-refractivity contribution in [3.8, 4) is 0 Å². The molecule has 102 valence electrons. The molecule has 18 heavy (non-hydrogen) atoms. The molecular weight excluding hydrogens is 224 g/mol. The van der Waals surface area contributed by atoms with Crippen molar-refractivity contribution in [2.75, 3.05) is 0 Å². The Labute approximate surface area is 111 Å². The van der Waals surface area contributed by atoms with Gasteiger partial charge in [0.25, 0.3) is 0 Å². The second kappa shape index (κ2) is 4.11. The third kappa shape index (κ3) is 2.78. The van der Waals surface area contributed by atoms with E-state index in [0.717, 1.165) is 25.7 Å². The highest BCUT2D eigenvalue weighted by Crippen LogP contribution is 2.57. The summed E-state index contributed by atoms with van der Waals surface area (Å²) in [5.74, 6) is 0.000885. The Kier molecular flexibility index (Phi) is 3.11. The van der Waals surface area contributed by atoms with Gasteiger partial charge >= 0.3 is 5.97 Å². The molecule has 2 heteroatoms. The van der Waals surface area contributed by atoms with Crippen LogP contribution in [0.4, 0.5) is 0 Å². The third-order valence-electron chi connectivity index (χ3n) is 4.13. The molecule has 1 saturated carbocycles. The van der Waals surface area contributed by atoms with Crippen molar-refractivity contribution < 1.29 is 9.53 Å². The maximum absolute atomic E-state index is 12.3. The number of hydrogen-bond donors (Lipinski definition) is 0. The van der Waals surface area contributed by atoms with E-state index >= 15 is 0 Å². The van der Waals surface area contributed by atoms with Crippen LogP contribution in [0.2, 0.25) is 0 Å². The highest BCUT2D eigenvalue weighted by atomic mass is 16.6. The van der Waals surface area contributed by atoms with Crippen LogP contribution in [0.3, 0.4) is 0 Å². The number of rotatable bonds is 2. The second-order valence-electron chi connectivity index (χ2n) is 7.68. The summed E-state index contributed by atoms with van der Waals surface area (Å²) in [7, 11) is 0. The average Bonchev–Trinajstić information content (AvgIpc) is 2.95. The van der Waals surface area contributed by atoms with Crippen LogP contribution in [-0.2, 0) is 9.53 Å². The van der Waals surface area contributed by atoms with Crippen LogP contribution in [0, 0.1) is 10.8 Å². The van der Waals surface area contributed by atoms with Crippen LogP contribution in [0.25, 0.3) is 0 Å². The Bertz CT molecular complexity index is 378. The summed E-state index contributed by atoms with van der Waals surface area (Å²) in [6.45, 7) is 10.4. The Morgan fingerprint density at radius 1 is 1.22 bits per heavy atom. The molecule has 0 atom stereocenters. The zero-order valence-corrected chi connectivity index (χ0v) is 12.4. The highest BCUT2D eigenvalue weighted by molar-refractivity contribution is 5.84. The molecule has 0 spiro atoms. The van der Waals surface area contributed by atoms with Gasteiger partial charge in [0.2, 0.25) is 0 Å². The Morgan fingerprint density at radius 2 is 1.83 bits per heavy atom. The fraction of sp³-hybridized carbons (Fsp3) is 0.812. The maximum atomic E-state index is 12.3. The van der Waals surface area contributed by atoms with Crippen LogP contribution in [0.5, 0.6) is 0 Å². The van der Waals surface area contributed by atoms with E-state index in [0.29, 0.717) is 5.41 Å². The maximum Gasteiger partial charge on any atom is 0.316 e. The molecule has 0 unspecified atom stereocenters. The Morgan fingerprint density at radius 3 is 2.22 bits per heavy atom. The SMILES string of the molecule is CC1(C)CC=C(C2(C(=O)OC(C)(C)C)CC2)CC1. The molecule has 1 fully saturated rings. The molecule has 0 aromatic heterocycles. The summed E-state index contributed by atoms with van der Waals surface area (Å²) in [4.78, 5) is 12.3. The molecule has 0 radical (unpaired) electrons. The molecule has 2 rings (SSSR count). The standard InChI is InChI=1S/C16H26O2/c1-14(2,3)18-13(17)16(10-11-16)12-6-8-15(4,5)9-7-12/h6H,7-11H2,1-5H3. The molecule has 0 bridgehead atoms. The van der Waals surface area contributed by atoms with E-state index in [9.17, 15) is 4.79 Å². The number of allylic oxidation sites excluding steroid dienone is 1. The first kappa shape index (κ1) is 13.6. The number of carbonyl (C=O) groups is 1. The first-order valence-electron chi connectivity index (χ1n) is 7.08. The average molecular weight is 250 g/mol. The lowest BCUT2D eigenvalue weighted by Crippen LogP contribution is -2.32. The molecule has 2 aliphatic rings. The second-order valence-corrected chi connectivity index (χ2v) is 7.68. The minimum Gasteiger partial charge on any atom is -0.459 e. The van der Waals surface area contributed by atoms with Crippen LogP contribution in [0.1, 0.15) is 66.7 Å². The third-order valence-corrected chi connectivity index (χ3v) is 4.13. The Balaban J connectivity index is 2.09. The van der Waals surface area contributed by atoms with Crippen molar-refractivity contribution in [2.45, 2.75) is 72.3 Å². The van der Waals surface area contributed by atoms with Crippen molar-refractivity contribution in [3.05, 3.63) is 11.6 Å². The molecule has 0 heterocycles. The predicted octanol–water partition coefficient (Wildman–Crippen LogP) is 4.24. The van der Waals surface area contributed by atoms with E-state index in [1.807, 2.05) is 20.8 Å². The van der Waals surface area contributed by atoms with E-state index in [-0.39, 0.29) is 17.0 Å². The van der Waals surface area contributed by atoms with Gasteiger partial charge in [-0.1, -0.05) is 25.5 Å². The molecule has 0 aromatic rings. The topological polar surface area (TPSA) is 26.3 Å². The highest BCUT2D eigenvalue weighted by Gasteiger charge is 2.55. The predicted molar refractivity (Wildman–Crippen MR) is 73.2 cm³/mol. The lowest BCUT2D eigenvalue weighted by molar-refractivity contribution is -0.160.